The van der Waals surface area contributed by atoms with E-state index in [0.717, 1.165) is 55.2 Å². The first-order valence-corrected chi connectivity index (χ1v) is 12.3. The zero-order valence-corrected chi connectivity index (χ0v) is 21.2. The van der Waals surface area contributed by atoms with Crippen molar-refractivity contribution in [1.82, 2.24) is 39.7 Å². The number of aryl methyl sites for hydroxylation is 2. The third-order valence-electron chi connectivity index (χ3n) is 6.14. The standard InChI is InChI=1S/C22H23Cl2N11O/c1-3-33-11-26-18-19(25-10-17-27-15-8-13(23)14(24)9-16(15)28-17)29-21(30-20(18)33)34-4-6-35(7-5-34)22-32-31-12(2)36-22/h8-9,11H,3-7,10H2,1-2H3,(H,27,28)(H,25,29,30). The summed E-state index contributed by atoms with van der Waals surface area (Å²) in [6.45, 7) is 7.91. The Bertz CT molecular complexity index is 1510. The number of imidazole rings is 2. The molecule has 1 aliphatic rings. The fourth-order valence-electron chi connectivity index (χ4n) is 4.25. The Morgan fingerprint density at radius 3 is 2.56 bits per heavy atom. The predicted octanol–water partition coefficient (Wildman–Crippen LogP) is 3.66. The monoisotopic (exact) mass is 527 g/mol. The highest BCUT2D eigenvalue weighted by atomic mass is 35.5. The van der Waals surface area contributed by atoms with Crippen molar-refractivity contribution < 1.29 is 4.42 Å². The van der Waals surface area contributed by atoms with Crippen LogP contribution in [0.5, 0.6) is 0 Å². The van der Waals surface area contributed by atoms with E-state index in [4.69, 9.17) is 37.6 Å². The van der Waals surface area contributed by atoms with Crippen LogP contribution in [-0.2, 0) is 13.1 Å². The second-order valence-corrected chi connectivity index (χ2v) is 9.29. The first-order valence-electron chi connectivity index (χ1n) is 11.6. The van der Waals surface area contributed by atoms with Crippen molar-refractivity contribution in [3.63, 3.8) is 0 Å². The van der Waals surface area contributed by atoms with Crippen molar-refractivity contribution in [2.75, 3.05) is 41.3 Å². The van der Waals surface area contributed by atoms with Gasteiger partial charge in [0.1, 0.15) is 5.82 Å². The first kappa shape index (κ1) is 22.8. The van der Waals surface area contributed by atoms with Gasteiger partial charge in [-0.2, -0.15) is 9.97 Å². The van der Waals surface area contributed by atoms with Crippen LogP contribution in [0.4, 0.5) is 17.8 Å². The third-order valence-corrected chi connectivity index (χ3v) is 6.86. The lowest BCUT2D eigenvalue weighted by Crippen LogP contribution is -2.47. The van der Waals surface area contributed by atoms with Gasteiger partial charge in [-0.1, -0.05) is 28.3 Å². The minimum absolute atomic E-state index is 0.415. The Labute approximate surface area is 215 Å². The second-order valence-electron chi connectivity index (χ2n) is 8.47. The number of hydrogen-bond donors (Lipinski definition) is 2. The number of hydrogen-bond acceptors (Lipinski definition) is 10. The van der Waals surface area contributed by atoms with Gasteiger partial charge in [0.05, 0.1) is 34.0 Å². The van der Waals surface area contributed by atoms with Gasteiger partial charge in [-0.25, -0.2) is 9.97 Å². The number of aromatic nitrogens is 8. The average Bonchev–Trinajstić information content (AvgIpc) is 3.61. The van der Waals surface area contributed by atoms with Crippen LogP contribution in [0, 0.1) is 6.92 Å². The van der Waals surface area contributed by atoms with Crippen LogP contribution < -0.4 is 15.1 Å². The molecule has 0 spiro atoms. The maximum Gasteiger partial charge on any atom is 0.318 e. The molecule has 0 radical (unpaired) electrons. The molecule has 0 atom stereocenters. The fourth-order valence-corrected chi connectivity index (χ4v) is 4.57. The van der Waals surface area contributed by atoms with Crippen molar-refractivity contribution in [1.29, 1.82) is 0 Å². The van der Waals surface area contributed by atoms with Crippen LogP contribution in [0.25, 0.3) is 22.2 Å². The molecule has 4 aromatic heterocycles. The molecule has 0 amide bonds. The molecule has 1 aromatic carbocycles. The fraction of sp³-hybridized carbons (Fsp3) is 0.364. The number of piperazine rings is 1. The minimum Gasteiger partial charge on any atom is -0.408 e. The Balaban J connectivity index is 1.25. The normalized spacial score (nSPS) is 14.3. The zero-order chi connectivity index (χ0) is 24.8. The third kappa shape index (κ3) is 4.16. The van der Waals surface area contributed by atoms with Crippen LogP contribution >= 0.6 is 23.2 Å². The number of aromatic amines is 1. The van der Waals surface area contributed by atoms with Crippen LogP contribution in [0.15, 0.2) is 22.9 Å². The summed E-state index contributed by atoms with van der Waals surface area (Å²) in [5, 5.41) is 12.4. The predicted molar refractivity (Wildman–Crippen MR) is 138 cm³/mol. The van der Waals surface area contributed by atoms with Gasteiger partial charge < -0.3 is 29.1 Å². The molecular formula is C22H23Cl2N11O. The number of halogens is 2. The number of nitrogens with one attached hydrogen (secondary N) is 2. The highest BCUT2D eigenvalue weighted by Gasteiger charge is 2.24. The van der Waals surface area contributed by atoms with Crippen molar-refractivity contribution in [2.24, 2.45) is 0 Å². The van der Waals surface area contributed by atoms with Gasteiger partial charge in [-0.15, -0.1) is 5.10 Å². The number of anilines is 3. The minimum atomic E-state index is 0.415. The zero-order valence-electron chi connectivity index (χ0n) is 19.7. The largest absolute Gasteiger partial charge is 0.408 e. The smallest absolute Gasteiger partial charge is 0.318 e. The highest BCUT2D eigenvalue weighted by molar-refractivity contribution is 6.42. The Morgan fingerprint density at radius 2 is 1.81 bits per heavy atom. The summed E-state index contributed by atoms with van der Waals surface area (Å²) in [4.78, 5) is 26.4. The molecule has 5 heterocycles. The van der Waals surface area contributed by atoms with Crippen LogP contribution in [0.3, 0.4) is 0 Å². The molecule has 1 saturated heterocycles. The molecule has 12 nitrogen and oxygen atoms in total. The Hall–Kier alpha value is -3.64. The maximum atomic E-state index is 6.15. The van der Waals surface area contributed by atoms with Gasteiger partial charge in [0, 0.05) is 39.6 Å². The summed E-state index contributed by atoms with van der Waals surface area (Å²) >= 11 is 12.3. The summed E-state index contributed by atoms with van der Waals surface area (Å²) in [5.41, 5.74) is 3.06. The molecule has 0 aliphatic carbocycles. The second kappa shape index (κ2) is 9.10. The summed E-state index contributed by atoms with van der Waals surface area (Å²) in [6.07, 6.45) is 1.79. The molecule has 1 aliphatic heterocycles. The molecule has 0 saturated carbocycles. The molecule has 0 bridgehead atoms. The summed E-state index contributed by atoms with van der Waals surface area (Å²) in [5.74, 6) is 2.58. The van der Waals surface area contributed by atoms with E-state index in [9.17, 15) is 0 Å². The highest BCUT2D eigenvalue weighted by Crippen LogP contribution is 2.28. The van der Waals surface area contributed by atoms with Gasteiger partial charge >= 0.3 is 6.01 Å². The molecular weight excluding hydrogens is 505 g/mol. The van der Waals surface area contributed by atoms with Gasteiger partial charge in [-0.05, 0) is 19.1 Å². The Kier molecular flexibility index (Phi) is 5.76. The Morgan fingerprint density at radius 1 is 1.03 bits per heavy atom. The van der Waals surface area contributed by atoms with E-state index in [-0.39, 0.29) is 0 Å². The lowest BCUT2D eigenvalue weighted by Gasteiger charge is -2.33. The number of nitrogens with zero attached hydrogens (tertiary/aromatic N) is 9. The van der Waals surface area contributed by atoms with E-state index in [0.29, 0.717) is 45.8 Å². The maximum absolute atomic E-state index is 6.15. The SMILES string of the molecule is CCn1cnc2c(NCc3nc4cc(Cl)c(Cl)cc4[nH]3)nc(N3CCN(c4nnc(C)o4)CC3)nc21. The van der Waals surface area contributed by atoms with E-state index in [1.807, 2.05) is 4.57 Å². The molecule has 0 unspecified atom stereocenters. The van der Waals surface area contributed by atoms with Gasteiger partial charge in [0.15, 0.2) is 17.0 Å². The summed E-state index contributed by atoms with van der Waals surface area (Å²) in [6, 6.07) is 4.07. The lowest BCUT2D eigenvalue weighted by molar-refractivity contribution is 0.491. The van der Waals surface area contributed by atoms with Crippen LogP contribution in [-0.4, -0.2) is 65.9 Å². The molecule has 6 rings (SSSR count). The molecule has 14 heteroatoms. The number of rotatable bonds is 6. The molecule has 5 aromatic rings. The van der Waals surface area contributed by atoms with Gasteiger partial charge in [0.2, 0.25) is 11.8 Å². The van der Waals surface area contributed by atoms with Crippen molar-refractivity contribution in [3.8, 4) is 0 Å². The average molecular weight is 528 g/mol. The molecule has 2 N–H and O–H groups in total. The number of fused-ring (bicyclic) bond motifs is 2. The molecule has 1 fully saturated rings. The summed E-state index contributed by atoms with van der Waals surface area (Å²) in [7, 11) is 0. The number of benzene rings is 1. The molecule has 36 heavy (non-hydrogen) atoms. The number of H-pyrrole nitrogens is 1. The van der Waals surface area contributed by atoms with Gasteiger partial charge in [-0.3, -0.25) is 0 Å². The summed E-state index contributed by atoms with van der Waals surface area (Å²) < 4.78 is 7.59. The van der Waals surface area contributed by atoms with Gasteiger partial charge in [0.25, 0.3) is 0 Å². The van der Waals surface area contributed by atoms with Crippen molar-refractivity contribution >= 4 is 63.2 Å². The first-order chi connectivity index (χ1) is 17.5. The van der Waals surface area contributed by atoms with E-state index in [1.54, 1.807) is 25.4 Å². The molecule has 186 valence electrons. The van der Waals surface area contributed by atoms with Crippen molar-refractivity contribution in [3.05, 3.63) is 40.2 Å². The van der Waals surface area contributed by atoms with Crippen LogP contribution in [0.1, 0.15) is 18.6 Å². The van der Waals surface area contributed by atoms with E-state index >= 15 is 0 Å². The topological polar surface area (TPSA) is 130 Å². The van der Waals surface area contributed by atoms with E-state index in [2.05, 4.69) is 47.2 Å². The quantitative estimate of drug-likeness (QED) is 0.337. The van der Waals surface area contributed by atoms with E-state index in [1.165, 1.54) is 0 Å². The van der Waals surface area contributed by atoms with Crippen molar-refractivity contribution in [2.45, 2.75) is 26.9 Å². The van der Waals surface area contributed by atoms with Crippen LogP contribution in [0.2, 0.25) is 10.0 Å². The lowest BCUT2D eigenvalue weighted by atomic mass is 10.3. The van der Waals surface area contributed by atoms with E-state index < -0.39 is 0 Å².